The fourth-order valence-electron chi connectivity index (χ4n) is 0.461. The van der Waals surface area contributed by atoms with Crippen LogP contribution in [0.1, 0.15) is 0 Å². The van der Waals surface area contributed by atoms with Crippen LogP contribution in [-0.4, -0.2) is 0 Å². The molecular formula is C6H5BrN. The molecule has 0 fully saturated rings. The lowest BCUT2D eigenvalue weighted by Gasteiger charge is -1.90. The van der Waals surface area contributed by atoms with E-state index in [0.717, 1.165) is 4.47 Å². The quantitative estimate of drug-likeness (QED) is 0.572. The summed E-state index contributed by atoms with van der Waals surface area (Å²) >= 11 is 3.21. The molecule has 0 unspecified atom stereocenters. The fourth-order valence-corrected chi connectivity index (χ4v) is 0.746. The first-order valence-corrected chi connectivity index (χ1v) is 3.06. The van der Waals surface area contributed by atoms with Crippen molar-refractivity contribution in [2.45, 2.75) is 0 Å². The summed E-state index contributed by atoms with van der Waals surface area (Å²) in [6.45, 7) is 0. The first-order chi connectivity index (χ1) is 3.80. The first kappa shape index (κ1) is 5.63. The summed E-state index contributed by atoms with van der Waals surface area (Å²) in [5.41, 5.74) is 7.71. The van der Waals surface area contributed by atoms with Crippen molar-refractivity contribution >= 4 is 21.6 Å². The maximum absolute atomic E-state index is 7.17. The van der Waals surface area contributed by atoms with Crippen molar-refractivity contribution in [3.63, 3.8) is 0 Å². The second-order valence-electron chi connectivity index (χ2n) is 1.48. The lowest BCUT2D eigenvalue weighted by Crippen LogP contribution is -1.67. The molecule has 2 heteroatoms. The Morgan fingerprint density at radius 3 is 2.25 bits per heavy atom. The molecule has 0 amide bonds. The van der Waals surface area contributed by atoms with Gasteiger partial charge in [-0.3, -0.25) is 5.73 Å². The van der Waals surface area contributed by atoms with E-state index in [1.54, 1.807) is 6.07 Å². The average molecular weight is 171 g/mol. The second kappa shape index (κ2) is 2.18. The van der Waals surface area contributed by atoms with Gasteiger partial charge in [0.15, 0.2) is 0 Å². The average Bonchev–Trinajstić information content (AvgIpc) is 1.77. The molecule has 1 aromatic carbocycles. The Hall–Kier alpha value is -0.500. The third-order valence-corrected chi connectivity index (χ3v) is 1.57. The maximum atomic E-state index is 7.17. The van der Waals surface area contributed by atoms with Crippen molar-refractivity contribution < 1.29 is 0 Å². The van der Waals surface area contributed by atoms with Gasteiger partial charge in [0.05, 0.1) is 5.69 Å². The minimum atomic E-state index is 0.535. The van der Waals surface area contributed by atoms with Crippen LogP contribution in [-0.2, 0) is 0 Å². The Kier molecular flexibility index (Phi) is 1.53. The number of nitrogens with one attached hydrogen (secondary N) is 1. The topological polar surface area (TPSA) is 23.8 Å². The Bertz CT molecular complexity index is 165. The van der Waals surface area contributed by atoms with E-state index >= 15 is 0 Å². The molecular weight excluding hydrogens is 166 g/mol. The molecule has 0 atom stereocenters. The molecule has 0 aliphatic heterocycles. The highest BCUT2D eigenvalue weighted by Crippen LogP contribution is 2.18. The van der Waals surface area contributed by atoms with Gasteiger partial charge in [0, 0.05) is 4.47 Å². The largest absolute Gasteiger partial charge is 0.300 e. The zero-order valence-electron chi connectivity index (χ0n) is 4.19. The summed E-state index contributed by atoms with van der Waals surface area (Å²) in [5, 5.41) is 0. The number of hydrogen-bond donors (Lipinski definition) is 0. The standard InChI is InChI=1S/C6H5BrN/c7-5-3-1-2-4-6(5)8/h1-4,8H. The van der Waals surface area contributed by atoms with Gasteiger partial charge >= 0.3 is 0 Å². The van der Waals surface area contributed by atoms with Crippen LogP contribution < -0.4 is 5.73 Å². The number of halogens is 1. The third-order valence-electron chi connectivity index (χ3n) is 0.874. The molecule has 0 aliphatic carbocycles. The molecule has 1 N–H and O–H groups in total. The summed E-state index contributed by atoms with van der Waals surface area (Å²) in [5.74, 6) is 0. The predicted octanol–water partition coefficient (Wildman–Crippen LogP) is 2.36. The lowest BCUT2D eigenvalue weighted by atomic mass is 10.3. The highest BCUT2D eigenvalue weighted by atomic mass is 79.9. The third kappa shape index (κ3) is 1.01. The normalized spacial score (nSPS) is 9.12. The molecule has 1 radical (unpaired) electrons. The van der Waals surface area contributed by atoms with Crippen molar-refractivity contribution in [3.05, 3.63) is 28.7 Å². The molecule has 0 saturated carbocycles. The van der Waals surface area contributed by atoms with Gasteiger partial charge in [0.2, 0.25) is 0 Å². The smallest absolute Gasteiger partial charge is 0.0681 e. The van der Waals surface area contributed by atoms with Gasteiger partial charge in [-0.25, -0.2) is 0 Å². The Morgan fingerprint density at radius 2 is 1.88 bits per heavy atom. The summed E-state index contributed by atoms with van der Waals surface area (Å²) in [6, 6.07) is 7.32. The maximum Gasteiger partial charge on any atom is 0.0681 e. The summed E-state index contributed by atoms with van der Waals surface area (Å²) in [4.78, 5) is 0. The van der Waals surface area contributed by atoms with Gasteiger partial charge in [-0.15, -0.1) is 0 Å². The minimum Gasteiger partial charge on any atom is -0.300 e. The van der Waals surface area contributed by atoms with Crippen LogP contribution in [0.25, 0.3) is 0 Å². The van der Waals surface area contributed by atoms with Crippen molar-refractivity contribution in [1.82, 2.24) is 5.73 Å². The van der Waals surface area contributed by atoms with Gasteiger partial charge in [0.1, 0.15) is 0 Å². The zero-order valence-corrected chi connectivity index (χ0v) is 5.77. The van der Waals surface area contributed by atoms with Crippen LogP contribution in [0.3, 0.4) is 0 Å². The van der Waals surface area contributed by atoms with Crippen molar-refractivity contribution in [2.24, 2.45) is 0 Å². The zero-order chi connectivity index (χ0) is 5.98. The highest BCUT2D eigenvalue weighted by molar-refractivity contribution is 9.10. The van der Waals surface area contributed by atoms with E-state index in [4.69, 9.17) is 5.73 Å². The van der Waals surface area contributed by atoms with Crippen LogP contribution in [0.2, 0.25) is 0 Å². The number of benzene rings is 1. The van der Waals surface area contributed by atoms with E-state index in [9.17, 15) is 0 Å². The summed E-state index contributed by atoms with van der Waals surface area (Å²) < 4.78 is 0.847. The molecule has 0 aliphatic rings. The van der Waals surface area contributed by atoms with E-state index in [1.807, 2.05) is 18.2 Å². The van der Waals surface area contributed by atoms with Crippen LogP contribution in [0, 0.1) is 0 Å². The summed E-state index contributed by atoms with van der Waals surface area (Å²) in [6.07, 6.45) is 0. The molecule has 0 heterocycles. The molecule has 8 heavy (non-hydrogen) atoms. The fraction of sp³-hybridized carbons (Fsp3) is 0. The number of rotatable bonds is 0. The molecule has 41 valence electrons. The number of hydrogen-bond acceptors (Lipinski definition) is 0. The molecule has 1 aromatic rings. The Labute approximate surface area is 56.6 Å². The Balaban J connectivity index is 3.13. The molecule has 1 nitrogen and oxygen atoms in total. The van der Waals surface area contributed by atoms with Crippen LogP contribution >= 0.6 is 15.9 Å². The Morgan fingerprint density at radius 1 is 1.25 bits per heavy atom. The molecule has 0 spiro atoms. The lowest BCUT2D eigenvalue weighted by molar-refractivity contribution is 1.46. The summed E-state index contributed by atoms with van der Waals surface area (Å²) in [7, 11) is 0. The van der Waals surface area contributed by atoms with E-state index < -0.39 is 0 Å². The van der Waals surface area contributed by atoms with E-state index in [0.29, 0.717) is 5.69 Å². The van der Waals surface area contributed by atoms with Gasteiger partial charge in [0.25, 0.3) is 0 Å². The van der Waals surface area contributed by atoms with E-state index in [2.05, 4.69) is 15.9 Å². The molecule has 0 saturated heterocycles. The second-order valence-corrected chi connectivity index (χ2v) is 2.33. The predicted molar refractivity (Wildman–Crippen MR) is 36.9 cm³/mol. The van der Waals surface area contributed by atoms with Gasteiger partial charge in [-0.1, -0.05) is 12.1 Å². The van der Waals surface area contributed by atoms with E-state index in [-0.39, 0.29) is 0 Å². The minimum absolute atomic E-state index is 0.535. The van der Waals surface area contributed by atoms with E-state index in [1.165, 1.54) is 0 Å². The van der Waals surface area contributed by atoms with Crippen molar-refractivity contribution in [3.8, 4) is 0 Å². The van der Waals surface area contributed by atoms with Crippen LogP contribution in [0.5, 0.6) is 0 Å². The van der Waals surface area contributed by atoms with Gasteiger partial charge in [-0.05, 0) is 28.1 Å². The van der Waals surface area contributed by atoms with Crippen LogP contribution in [0.15, 0.2) is 28.7 Å². The monoisotopic (exact) mass is 170 g/mol. The van der Waals surface area contributed by atoms with Crippen LogP contribution in [0.4, 0.5) is 5.69 Å². The van der Waals surface area contributed by atoms with Gasteiger partial charge < -0.3 is 0 Å². The first-order valence-electron chi connectivity index (χ1n) is 2.27. The highest BCUT2D eigenvalue weighted by Gasteiger charge is 1.87. The van der Waals surface area contributed by atoms with Crippen molar-refractivity contribution in [1.29, 1.82) is 0 Å². The molecule has 0 aromatic heterocycles. The van der Waals surface area contributed by atoms with Gasteiger partial charge in [-0.2, -0.15) is 0 Å². The molecule has 0 bridgehead atoms. The molecule has 1 rings (SSSR count). The van der Waals surface area contributed by atoms with Crippen molar-refractivity contribution in [2.75, 3.05) is 0 Å². The SMILES string of the molecule is [NH]c1ccccc1Br.